The number of hydrogen-bond donors (Lipinski definition) is 1. The van der Waals surface area contributed by atoms with Crippen LogP contribution in [0.15, 0.2) is 0 Å². The maximum absolute atomic E-state index is 9.05. The third-order valence-corrected chi connectivity index (χ3v) is 2.74. The molecule has 0 unspecified atom stereocenters. The molecule has 0 amide bonds. The van der Waals surface area contributed by atoms with Gasteiger partial charge in [-0.3, -0.25) is 0 Å². The molecule has 0 fully saturated rings. The lowest BCUT2D eigenvalue weighted by Gasteiger charge is -2.11. The first-order valence-corrected chi connectivity index (χ1v) is 4.76. The molecule has 0 spiro atoms. The number of halogens is 2. The molecule has 2 atom stereocenters. The number of aliphatic hydroxyl groups is 1. The molecular weight excluding hydrogens is 236 g/mol. The molecule has 8 heavy (non-hydrogen) atoms. The van der Waals surface area contributed by atoms with Gasteiger partial charge in [0.15, 0.2) is 0 Å². The maximum Gasteiger partial charge on any atom is 0.0670 e. The molecule has 0 bridgehead atoms. The molecule has 0 saturated carbocycles. The van der Waals surface area contributed by atoms with Gasteiger partial charge in [-0.05, 0) is 5.92 Å². The van der Waals surface area contributed by atoms with Crippen molar-refractivity contribution in [3.8, 4) is 0 Å². The molecular formula is C5H10Br2O. The number of aliphatic hydroxyl groups excluding tert-OH is 1. The molecule has 1 nitrogen and oxygen atoms in total. The Morgan fingerprint density at radius 3 is 2.00 bits per heavy atom. The van der Waals surface area contributed by atoms with Gasteiger partial charge in [0.05, 0.1) is 6.10 Å². The minimum atomic E-state index is -0.214. The highest BCUT2D eigenvalue weighted by molar-refractivity contribution is 9.09. The highest BCUT2D eigenvalue weighted by Crippen LogP contribution is 2.07. The topological polar surface area (TPSA) is 20.2 Å². The standard InChI is InChI=1S/C5H10Br2O/c1-4(2-6)5(8)3-7/h4-5,8H,2-3H2,1H3/t4-,5+/m0/s1. The largest absolute Gasteiger partial charge is 0.392 e. The molecule has 0 aromatic rings. The van der Waals surface area contributed by atoms with Gasteiger partial charge in [0.2, 0.25) is 0 Å². The number of hydrogen-bond acceptors (Lipinski definition) is 1. The lowest BCUT2D eigenvalue weighted by atomic mass is 10.1. The van der Waals surface area contributed by atoms with Crippen molar-refractivity contribution in [3.63, 3.8) is 0 Å². The lowest BCUT2D eigenvalue weighted by molar-refractivity contribution is 0.153. The van der Waals surface area contributed by atoms with E-state index in [0.717, 1.165) is 5.33 Å². The van der Waals surface area contributed by atoms with Crippen molar-refractivity contribution >= 4 is 31.9 Å². The molecule has 0 aromatic carbocycles. The Bertz CT molecular complexity index is 50.4. The summed E-state index contributed by atoms with van der Waals surface area (Å²) in [5.74, 6) is 0.342. The quantitative estimate of drug-likeness (QED) is 0.752. The third-order valence-electron chi connectivity index (χ3n) is 1.06. The molecule has 0 heterocycles. The summed E-state index contributed by atoms with van der Waals surface area (Å²) in [6, 6.07) is 0. The van der Waals surface area contributed by atoms with E-state index in [9.17, 15) is 0 Å². The second-order valence-electron chi connectivity index (χ2n) is 1.85. The van der Waals surface area contributed by atoms with Gasteiger partial charge in [0, 0.05) is 10.7 Å². The van der Waals surface area contributed by atoms with Gasteiger partial charge >= 0.3 is 0 Å². The van der Waals surface area contributed by atoms with Crippen molar-refractivity contribution in [3.05, 3.63) is 0 Å². The Morgan fingerprint density at radius 1 is 1.38 bits per heavy atom. The van der Waals surface area contributed by atoms with Gasteiger partial charge in [-0.2, -0.15) is 0 Å². The Hall–Kier alpha value is 0.920. The molecule has 0 rings (SSSR count). The third kappa shape index (κ3) is 3.05. The normalized spacial score (nSPS) is 18.0. The van der Waals surface area contributed by atoms with Gasteiger partial charge in [0.1, 0.15) is 0 Å². The minimum Gasteiger partial charge on any atom is -0.392 e. The molecule has 0 aliphatic heterocycles. The summed E-state index contributed by atoms with van der Waals surface area (Å²) in [6.07, 6.45) is -0.214. The first kappa shape index (κ1) is 8.92. The summed E-state index contributed by atoms with van der Waals surface area (Å²) in [5.41, 5.74) is 0. The first-order chi connectivity index (χ1) is 3.72. The monoisotopic (exact) mass is 244 g/mol. The van der Waals surface area contributed by atoms with Crippen LogP contribution in [0.2, 0.25) is 0 Å². The van der Waals surface area contributed by atoms with Crippen LogP contribution in [-0.4, -0.2) is 21.9 Å². The molecule has 0 aliphatic carbocycles. The van der Waals surface area contributed by atoms with Crippen molar-refractivity contribution in [1.29, 1.82) is 0 Å². The van der Waals surface area contributed by atoms with E-state index in [-0.39, 0.29) is 6.10 Å². The lowest BCUT2D eigenvalue weighted by Crippen LogP contribution is -2.19. The van der Waals surface area contributed by atoms with Crippen LogP contribution in [0, 0.1) is 5.92 Å². The second kappa shape index (κ2) is 4.77. The first-order valence-electron chi connectivity index (χ1n) is 2.52. The van der Waals surface area contributed by atoms with Gasteiger partial charge in [0.25, 0.3) is 0 Å². The fourth-order valence-corrected chi connectivity index (χ4v) is 1.32. The predicted molar refractivity (Wildman–Crippen MR) is 42.8 cm³/mol. The van der Waals surface area contributed by atoms with Crippen LogP contribution >= 0.6 is 31.9 Å². The second-order valence-corrected chi connectivity index (χ2v) is 3.15. The van der Waals surface area contributed by atoms with Crippen LogP contribution < -0.4 is 0 Å². The number of alkyl halides is 2. The zero-order valence-electron chi connectivity index (χ0n) is 4.77. The highest BCUT2D eigenvalue weighted by atomic mass is 79.9. The van der Waals surface area contributed by atoms with Crippen molar-refractivity contribution in [2.75, 3.05) is 10.7 Å². The van der Waals surface area contributed by atoms with E-state index < -0.39 is 0 Å². The van der Waals surface area contributed by atoms with E-state index in [2.05, 4.69) is 31.9 Å². The van der Waals surface area contributed by atoms with Crippen LogP contribution in [0.25, 0.3) is 0 Å². The van der Waals surface area contributed by atoms with E-state index >= 15 is 0 Å². The van der Waals surface area contributed by atoms with Gasteiger partial charge in [-0.15, -0.1) is 0 Å². The van der Waals surface area contributed by atoms with Crippen molar-refractivity contribution < 1.29 is 5.11 Å². The Balaban J connectivity index is 3.29. The van der Waals surface area contributed by atoms with Crippen LogP contribution in [0.4, 0.5) is 0 Å². The van der Waals surface area contributed by atoms with E-state index in [4.69, 9.17) is 5.11 Å². The number of rotatable bonds is 3. The molecule has 1 N–H and O–H groups in total. The summed E-state index contributed by atoms with van der Waals surface area (Å²) in [6.45, 7) is 2.00. The predicted octanol–water partition coefficient (Wildman–Crippen LogP) is 1.77. The van der Waals surface area contributed by atoms with Crippen LogP contribution in [0.1, 0.15) is 6.92 Å². The van der Waals surface area contributed by atoms with Crippen molar-refractivity contribution in [1.82, 2.24) is 0 Å². The van der Waals surface area contributed by atoms with E-state index in [1.54, 1.807) is 0 Å². The van der Waals surface area contributed by atoms with Gasteiger partial charge < -0.3 is 5.11 Å². The van der Waals surface area contributed by atoms with Gasteiger partial charge in [-0.25, -0.2) is 0 Å². The molecule has 0 aliphatic rings. The minimum absolute atomic E-state index is 0.214. The molecule has 0 saturated heterocycles. The van der Waals surface area contributed by atoms with Gasteiger partial charge in [-0.1, -0.05) is 38.8 Å². The summed E-state index contributed by atoms with van der Waals surface area (Å²) in [4.78, 5) is 0. The van der Waals surface area contributed by atoms with Crippen molar-refractivity contribution in [2.24, 2.45) is 5.92 Å². The summed E-state index contributed by atoms with van der Waals surface area (Å²) in [7, 11) is 0. The van der Waals surface area contributed by atoms with E-state index in [1.807, 2.05) is 6.92 Å². The summed E-state index contributed by atoms with van der Waals surface area (Å²) < 4.78 is 0. The fraction of sp³-hybridized carbons (Fsp3) is 1.00. The SMILES string of the molecule is C[C@@H](CBr)[C@H](O)CBr. The molecule has 0 radical (unpaired) electrons. The average molecular weight is 246 g/mol. The van der Waals surface area contributed by atoms with Crippen LogP contribution in [-0.2, 0) is 0 Å². The fourth-order valence-electron chi connectivity index (χ4n) is 0.255. The maximum atomic E-state index is 9.05. The zero-order chi connectivity index (χ0) is 6.57. The molecule has 3 heteroatoms. The molecule has 50 valence electrons. The van der Waals surface area contributed by atoms with E-state index in [1.165, 1.54) is 0 Å². The summed E-state index contributed by atoms with van der Waals surface area (Å²) >= 11 is 6.46. The van der Waals surface area contributed by atoms with Crippen LogP contribution in [0.5, 0.6) is 0 Å². The average Bonchev–Trinajstić information content (AvgIpc) is 1.84. The summed E-state index contributed by atoms with van der Waals surface area (Å²) in [5, 5.41) is 10.6. The smallest absolute Gasteiger partial charge is 0.0670 e. The van der Waals surface area contributed by atoms with E-state index in [0.29, 0.717) is 11.2 Å². The van der Waals surface area contributed by atoms with Crippen LogP contribution in [0.3, 0.4) is 0 Å². The molecule has 0 aromatic heterocycles. The zero-order valence-corrected chi connectivity index (χ0v) is 7.94. The highest BCUT2D eigenvalue weighted by Gasteiger charge is 2.09. The Morgan fingerprint density at radius 2 is 1.88 bits per heavy atom. The van der Waals surface area contributed by atoms with Crippen molar-refractivity contribution in [2.45, 2.75) is 13.0 Å². The Labute approximate surface area is 66.7 Å². The Kier molecular flexibility index (Phi) is 5.31.